The zero-order valence-corrected chi connectivity index (χ0v) is 15.2. The number of esters is 1. The van der Waals surface area contributed by atoms with Gasteiger partial charge in [-0.1, -0.05) is 18.2 Å². The van der Waals surface area contributed by atoms with Gasteiger partial charge in [0.25, 0.3) is 0 Å². The molecule has 136 valence electrons. The predicted octanol–water partition coefficient (Wildman–Crippen LogP) is 3.64. The number of carbonyl (C=O) groups is 2. The van der Waals surface area contributed by atoms with Gasteiger partial charge in [-0.05, 0) is 55.5 Å². The lowest BCUT2D eigenvalue weighted by Gasteiger charge is -2.10. The smallest absolute Gasteiger partial charge is 0.306 e. The maximum Gasteiger partial charge on any atom is 0.306 e. The van der Waals surface area contributed by atoms with Gasteiger partial charge in [0.15, 0.2) is 5.11 Å². The summed E-state index contributed by atoms with van der Waals surface area (Å²) in [4.78, 5) is 23.0. The molecule has 0 atom stereocenters. The molecular weight excluding hydrogens is 352 g/mol. The summed E-state index contributed by atoms with van der Waals surface area (Å²) < 4.78 is 10.5. The molecule has 2 rings (SSSR count). The van der Waals surface area contributed by atoms with Gasteiger partial charge in [0.1, 0.15) is 11.5 Å². The van der Waals surface area contributed by atoms with Crippen LogP contribution < -0.4 is 15.4 Å². The van der Waals surface area contributed by atoms with Crippen molar-refractivity contribution in [2.45, 2.75) is 19.8 Å². The quantitative estimate of drug-likeness (QED) is 0.571. The Morgan fingerprint density at radius 3 is 2.27 bits per heavy atom. The number of para-hydroxylation sites is 1. The number of rotatable bonds is 7. The van der Waals surface area contributed by atoms with E-state index in [4.69, 9.17) is 21.7 Å². The lowest BCUT2D eigenvalue weighted by molar-refractivity contribution is -0.144. The average Bonchev–Trinajstić information content (AvgIpc) is 2.63. The predicted molar refractivity (Wildman–Crippen MR) is 103 cm³/mol. The normalized spacial score (nSPS) is 9.88. The minimum atomic E-state index is -0.407. The van der Waals surface area contributed by atoms with Gasteiger partial charge in [-0.15, -0.1) is 0 Å². The second-order valence-electron chi connectivity index (χ2n) is 5.25. The molecule has 0 radical (unpaired) electrons. The lowest BCUT2D eigenvalue weighted by atomic mass is 10.3. The van der Waals surface area contributed by atoms with Crippen molar-refractivity contribution >= 4 is 34.9 Å². The molecule has 0 saturated heterocycles. The van der Waals surface area contributed by atoms with Gasteiger partial charge in [-0.3, -0.25) is 9.59 Å². The number of thiocarbonyl (C=S) groups is 1. The Bertz CT molecular complexity index is 748. The van der Waals surface area contributed by atoms with Crippen molar-refractivity contribution in [1.29, 1.82) is 0 Å². The molecule has 2 aromatic carbocycles. The first-order valence-corrected chi connectivity index (χ1v) is 8.57. The third-order valence-corrected chi connectivity index (χ3v) is 3.41. The van der Waals surface area contributed by atoms with E-state index in [1.54, 1.807) is 31.2 Å². The second-order valence-corrected chi connectivity index (χ2v) is 5.66. The highest BCUT2D eigenvalue weighted by Gasteiger charge is 2.09. The topological polar surface area (TPSA) is 76.7 Å². The van der Waals surface area contributed by atoms with Crippen LogP contribution in [0, 0.1) is 0 Å². The lowest BCUT2D eigenvalue weighted by Crippen LogP contribution is -2.34. The van der Waals surface area contributed by atoms with Crippen LogP contribution in [0.25, 0.3) is 0 Å². The van der Waals surface area contributed by atoms with Gasteiger partial charge >= 0.3 is 5.97 Å². The van der Waals surface area contributed by atoms with Crippen molar-refractivity contribution in [2.24, 2.45) is 0 Å². The minimum Gasteiger partial charge on any atom is -0.466 e. The molecule has 0 spiro atoms. The molecular formula is C19H20N2O4S. The van der Waals surface area contributed by atoms with E-state index < -0.39 is 5.97 Å². The standard InChI is InChI=1S/C19H20N2O4S/c1-2-24-18(23)13-12-17(22)21-19(26)20-14-8-10-16(11-9-14)25-15-6-4-3-5-7-15/h3-11H,2,12-13H2,1H3,(H2,20,21,22,26). The van der Waals surface area contributed by atoms with Crippen LogP contribution in [0.3, 0.4) is 0 Å². The molecule has 0 fully saturated rings. The summed E-state index contributed by atoms with van der Waals surface area (Å²) in [6.07, 6.45) is 0.0400. The zero-order valence-electron chi connectivity index (χ0n) is 14.4. The highest BCUT2D eigenvalue weighted by Crippen LogP contribution is 2.22. The summed E-state index contributed by atoms with van der Waals surface area (Å²) >= 11 is 5.09. The van der Waals surface area contributed by atoms with E-state index in [2.05, 4.69) is 10.6 Å². The number of benzene rings is 2. The molecule has 6 nitrogen and oxygen atoms in total. The SMILES string of the molecule is CCOC(=O)CCC(=O)NC(=S)Nc1ccc(Oc2ccccc2)cc1. The molecule has 0 saturated carbocycles. The highest BCUT2D eigenvalue weighted by atomic mass is 32.1. The van der Waals surface area contributed by atoms with E-state index in [1.165, 1.54) is 0 Å². The van der Waals surface area contributed by atoms with E-state index in [1.807, 2.05) is 30.3 Å². The molecule has 0 aliphatic heterocycles. The Hall–Kier alpha value is -2.93. The number of nitrogens with one attached hydrogen (secondary N) is 2. The second kappa shape index (κ2) is 10.1. The van der Waals surface area contributed by atoms with Crippen LogP contribution in [-0.2, 0) is 14.3 Å². The summed E-state index contributed by atoms with van der Waals surface area (Å²) in [5.41, 5.74) is 0.709. The first kappa shape index (κ1) is 19.4. The van der Waals surface area contributed by atoms with Gasteiger partial charge in [0, 0.05) is 12.1 Å². The summed E-state index contributed by atoms with van der Waals surface area (Å²) in [6, 6.07) is 16.6. The third kappa shape index (κ3) is 6.90. The molecule has 1 amide bonds. The maximum absolute atomic E-state index is 11.7. The fraction of sp³-hybridized carbons (Fsp3) is 0.211. The first-order valence-electron chi connectivity index (χ1n) is 8.16. The van der Waals surface area contributed by atoms with E-state index >= 15 is 0 Å². The monoisotopic (exact) mass is 372 g/mol. The average molecular weight is 372 g/mol. The van der Waals surface area contributed by atoms with Gasteiger partial charge in [-0.2, -0.15) is 0 Å². The molecule has 0 unspecified atom stereocenters. The van der Waals surface area contributed by atoms with Crippen LogP contribution >= 0.6 is 12.2 Å². The Morgan fingerprint density at radius 1 is 0.962 bits per heavy atom. The van der Waals surface area contributed by atoms with Crippen molar-refractivity contribution in [2.75, 3.05) is 11.9 Å². The molecule has 26 heavy (non-hydrogen) atoms. The number of hydrogen-bond donors (Lipinski definition) is 2. The number of ether oxygens (including phenoxy) is 2. The van der Waals surface area contributed by atoms with Crippen LogP contribution in [-0.4, -0.2) is 23.6 Å². The maximum atomic E-state index is 11.7. The van der Waals surface area contributed by atoms with E-state index in [0.717, 1.165) is 5.75 Å². The fourth-order valence-corrected chi connectivity index (χ4v) is 2.26. The number of amides is 1. The molecule has 0 heterocycles. The Morgan fingerprint density at radius 2 is 1.62 bits per heavy atom. The van der Waals surface area contributed by atoms with Crippen molar-refractivity contribution < 1.29 is 19.1 Å². The third-order valence-electron chi connectivity index (χ3n) is 3.21. The van der Waals surface area contributed by atoms with E-state index in [0.29, 0.717) is 18.0 Å². The van der Waals surface area contributed by atoms with Gasteiger partial charge in [0.2, 0.25) is 5.91 Å². The Kier molecular flexibility index (Phi) is 7.57. The Labute approximate surface area is 157 Å². The van der Waals surface area contributed by atoms with Gasteiger partial charge in [0.05, 0.1) is 13.0 Å². The number of hydrogen-bond acceptors (Lipinski definition) is 5. The van der Waals surface area contributed by atoms with E-state index in [-0.39, 0.29) is 23.9 Å². The summed E-state index contributed by atoms with van der Waals surface area (Å²) in [7, 11) is 0. The van der Waals surface area contributed by atoms with Gasteiger partial charge < -0.3 is 20.1 Å². The number of carbonyl (C=O) groups excluding carboxylic acids is 2. The van der Waals surface area contributed by atoms with Gasteiger partial charge in [-0.25, -0.2) is 0 Å². The zero-order chi connectivity index (χ0) is 18.8. The molecule has 0 aliphatic carbocycles. The van der Waals surface area contributed by atoms with Crippen LogP contribution in [0.1, 0.15) is 19.8 Å². The van der Waals surface area contributed by atoms with E-state index in [9.17, 15) is 9.59 Å². The Balaban J connectivity index is 1.78. The van der Waals surface area contributed by atoms with Crippen LogP contribution in [0.5, 0.6) is 11.5 Å². The van der Waals surface area contributed by atoms with Crippen LogP contribution in [0.15, 0.2) is 54.6 Å². The first-order chi connectivity index (χ1) is 12.6. The molecule has 2 N–H and O–H groups in total. The summed E-state index contributed by atoms with van der Waals surface area (Å²) in [5.74, 6) is 0.679. The van der Waals surface area contributed by atoms with Crippen LogP contribution in [0.4, 0.5) is 5.69 Å². The highest BCUT2D eigenvalue weighted by molar-refractivity contribution is 7.80. The molecule has 2 aromatic rings. The molecule has 0 aromatic heterocycles. The van der Waals surface area contributed by atoms with Crippen LogP contribution in [0.2, 0.25) is 0 Å². The fourth-order valence-electron chi connectivity index (χ4n) is 2.03. The largest absolute Gasteiger partial charge is 0.466 e. The summed E-state index contributed by atoms with van der Waals surface area (Å²) in [6.45, 7) is 2.01. The molecule has 7 heteroatoms. The molecule has 0 aliphatic rings. The minimum absolute atomic E-state index is 0.0184. The van der Waals surface area contributed by atoms with Crippen molar-refractivity contribution in [3.8, 4) is 11.5 Å². The van der Waals surface area contributed by atoms with Crippen molar-refractivity contribution in [3.05, 3.63) is 54.6 Å². The van der Waals surface area contributed by atoms with Crippen molar-refractivity contribution in [3.63, 3.8) is 0 Å². The van der Waals surface area contributed by atoms with Crippen molar-refractivity contribution in [1.82, 2.24) is 5.32 Å². The number of anilines is 1. The summed E-state index contributed by atoms with van der Waals surface area (Å²) in [5, 5.41) is 5.59. The molecule has 0 bridgehead atoms.